The first-order valence-electron chi connectivity index (χ1n) is 7.80. The van der Waals surface area contributed by atoms with Gasteiger partial charge in [-0.2, -0.15) is 4.98 Å². The fraction of sp³-hybridized carbons (Fsp3) is 0.588. The average molecular weight is 304 g/mol. The van der Waals surface area contributed by atoms with Gasteiger partial charge in [0, 0.05) is 6.54 Å². The van der Waals surface area contributed by atoms with Crippen LogP contribution in [0.25, 0.3) is 11.1 Å². The monoisotopic (exact) mass is 304 g/mol. The Morgan fingerprint density at radius 1 is 1.36 bits per heavy atom. The maximum atomic E-state index is 10.3. The molecule has 0 aliphatic carbocycles. The normalized spacial score (nSPS) is 23.2. The van der Waals surface area contributed by atoms with Crippen molar-refractivity contribution in [2.75, 3.05) is 24.6 Å². The molecule has 0 saturated carbocycles. The van der Waals surface area contributed by atoms with E-state index in [-0.39, 0.29) is 12.0 Å². The van der Waals surface area contributed by atoms with Crippen molar-refractivity contribution >= 4 is 17.1 Å². The largest absolute Gasteiger partial charge is 0.423 e. The predicted molar refractivity (Wildman–Crippen MR) is 86.2 cm³/mol. The molecule has 2 aromatic rings. The molecule has 1 aromatic carbocycles. The number of aliphatic hydroxyl groups is 2. The lowest BCUT2D eigenvalue weighted by molar-refractivity contribution is -0.0249. The Labute approximate surface area is 130 Å². The van der Waals surface area contributed by atoms with Gasteiger partial charge in [-0.3, -0.25) is 0 Å². The average Bonchev–Trinajstić information content (AvgIpc) is 2.89. The van der Waals surface area contributed by atoms with Gasteiger partial charge in [-0.15, -0.1) is 0 Å². The highest BCUT2D eigenvalue weighted by atomic mass is 16.4. The number of β-amino-alcohol motifs (C(OH)–C–C–N with tert-alkyl or cyclic N) is 1. The van der Waals surface area contributed by atoms with E-state index in [2.05, 4.69) is 37.9 Å². The first kappa shape index (κ1) is 15.3. The summed E-state index contributed by atoms with van der Waals surface area (Å²) >= 11 is 0. The summed E-state index contributed by atoms with van der Waals surface area (Å²) in [7, 11) is 0. The minimum atomic E-state index is -1.06. The smallest absolute Gasteiger partial charge is 0.298 e. The number of anilines is 1. The van der Waals surface area contributed by atoms with Gasteiger partial charge in [0.15, 0.2) is 5.58 Å². The van der Waals surface area contributed by atoms with Crippen LogP contribution in [0.5, 0.6) is 0 Å². The standard InChI is InChI=1S/C17H24N2O3/c1-16(2,3)12-5-6-14-13(9-12)18-15(22-14)19-8-4-7-17(21,10-19)11-20/h5-6,9,20-21H,4,7-8,10-11H2,1-3H3. The second-order valence-corrected chi connectivity index (χ2v) is 7.34. The van der Waals surface area contributed by atoms with Gasteiger partial charge in [0.25, 0.3) is 6.01 Å². The van der Waals surface area contributed by atoms with Crippen molar-refractivity contribution in [2.45, 2.75) is 44.6 Å². The first-order valence-corrected chi connectivity index (χ1v) is 7.80. The SMILES string of the molecule is CC(C)(C)c1ccc2oc(N3CCCC(O)(CO)C3)nc2c1. The molecule has 3 rings (SSSR count). The molecule has 5 heteroatoms. The molecule has 120 valence electrons. The van der Waals surface area contributed by atoms with Crippen molar-refractivity contribution in [3.8, 4) is 0 Å². The Kier molecular flexibility index (Phi) is 3.65. The lowest BCUT2D eigenvalue weighted by atomic mass is 9.87. The zero-order valence-electron chi connectivity index (χ0n) is 13.5. The molecule has 0 radical (unpaired) electrons. The second kappa shape index (κ2) is 5.25. The Morgan fingerprint density at radius 2 is 2.14 bits per heavy atom. The van der Waals surface area contributed by atoms with E-state index < -0.39 is 5.60 Å². The minimum absolute atomic E-state index is 0.0650. The van der Waals surface area contributed by atoms with Crippen LogP contribution in [0.2, 0.25) is 0 Å². The van der Waals surface area contributed by atoms with E-state index in [1.165, 1.54) is 5.56 Å². The number of rotatable bonds is 2. The third-order valence-electron chi connectivity index (χ3n) is 4.36. The van der Waals surface area contributed by atoms with Crippen LogP contribution in [0.3, 0.4) is 0 Å². The summed E-state index contributed by atoms with van der Waals surface area (Å²) in [5.41, 5.74) is 1.80. The van der Waals surface area contributed by atoms with Crippen LogP contribution in [0.1, 0.15) is 39.2 Å². The molecule has 1 fully saturated rings. The summed E-state index contributed by atoms with van der Waals surface area (Å²) in [4.78, 5) is 6.49. The van der Waals surface area contributed by atoms with Crippen LogP contribution in [0, 0.1) is 0 Å². The highest BCUT2D eigenvalue weighted by Crippen LogP contribution is 2.30. The van der Waals surface area contributed by atoms with Gasteiger partial charge in [0.1, 0.15) is 11.1 Å². The number of aliphatic hydroxyl groups excluding tert-OH is 1. The number of piperidine rings is 1. The first-order chi connectivity index (χ1) is 10.3. The molecule has 2 heterocycles. The van der Waals surface area contributed by atoms with Crippen LogP contribution < -0.4 is 4.90 Å². The van der Waals surface area contributed by atoms with Crippen molar-refractivity contribution in [3.05, 3.63) is 23.8 Å². The lowest BCUT2D eigenvalue weighted by Crippen LogP contribution is -2.50. The van der Waals surface area contributed by atoms with Gasteiger partial charge in [-0.05, 0) is 36.0 Å². The van der Waals surface area contributed by atoms with E-state index in [0.717, 1.165) is 24.1 Å². The maximum absolute atomic E-state index is 10.3. The van der Waals surface area contributed by atoms with Gasteiger partial charge in [0.05, 0.1) is 13.2 Å². The van der Waals surface area contributed by atoms with Gasteiger partial charge < -0.3 is 19.5 Å². The van der Waals surface area contributed by atoms with Gasteiger partial charge in [-0.25, -0.2) is 0 Å². The number of fused-ring (bicyclic) bond motifs is 1. The van der Waals surface area contributed by atoms with Gasteiger partial charge in [0.2, 0.25) is 0 Å². The summed E-state index contributed by atoms with van der Waals surface area (Å²) in [5, 5.41) is 19.6. The quantitative estimate of drug-likeness (QED) is 0.892. The van der Waals surface area contributed by atoms with Crippen molar-refractivity contribution in [3.63, 3.8) is 0 Å². The summed E-state index contributed by atoms with van der Waals surface area (Å²) in [6.45, 7) is 7.39. The summed E-state index contributed by atoms with van der Waals surface area (Å²) in [5.74, 6) is 0. The third-order valence-corrected chi connectivity index (χ3v) is 4.36. The van der Waals surface area contributed by atoms with E-state index in [0.29, 0.717) is 19.0 Å². The predicted octanol–water partition coefficient (Wildman–Crippen LogP) is 2.45. The zero-order chi connectivity index (χ0) is 16.0. The van der Waals surface area contributed by atoms with E-state index in [1.807, 2.05) is 11.0 Å². The summed E-state index contributed by atoms with van der Waals surface area (Å²) in [6.07, 6.45) is 1.41. The molecule has 1 atom stereocenters. The molecule has 2 N–H and O–H groups in total. The van der Waals surface area contributed by atoms with Crippen molar-refractivity contribution in [1.29, 1.82) is 0 Å². The second-order valence-electron chi connectivity index (χ2n) is 7.34. The molecular formula is C17H24N2O3. The van der Waals surface area contributed by atoms with Crippen molar-refractivity contribution in [2.24, 2.45) is 0 Å². The highest BCUT2D eigenvalue weighted by Gasteiger charge is 2.34. The Hall–Kier alpha value is -1.59. The molecule has 0 amide bonds. The highest BCUT2D eigenvalue weighted by molar-refractivity contribution is 5.75. The van der Waals surface area contributed by atoms with Crippen LogP contribution in [0.4, 0.5) is 6.01 Å². The third kappa shape index (κ3) is 2.83. The Bertz CT molecular complexity index is 674. The molecular weight excluding hydrogens is 280 g/mol. The molecule has 1 unspecified atom stereocenters. The molecule has 5 nitrogen and oxygen atoms in total. The molecule has 22 heavy (non-hydrogen) atoms. The van der Waals surface area contributed by atoms with Crippen LogP contribution in [-0.2, 0) is 5.41 Å². The number of aromatic nitrogens is 1. The fourth-order valence-electron chi connectivity index (χ4n) is 2.92. The van der Waals surface area contributed by atoms with Crippen LogP contribution >= 0.6 is 0 Å². The lowest BCUT2D eigenvalue weighted by Gasteiger charge is -2.37. The van der Waals surface area contributed by atoms with Crippen LogP contribution in [0.15, 0.2) is 22.6 Å². The van der Waals surface area contributed by atoms with Crippen LogP contribution in [-0.4, -0.2) is 40.5 Å². The molecule has 1 saturated heterocycles. The van der Waals surface area contributed by atoms with E-state index in [4.69, 9.17) is 4.42 Å². The number of hydrogen-bond acceptors (Lipinski definition) is 5. The molecule has 1 aromatic heterocycles. The van der Waals surface area contributed by atoms with E-state index in [1.54, 1.807) is 0 Å². The molecule has 1 aliphatic heterocycles. The number of hydrogen-bond donors (Lipinski definition) is 2. The maximum Gasteiger partial charge on any atom is 0.298 e. The van der Waals surface area contributed by atoms with Crippen molar-refractivity contribution < 1.29 is 14.6 Å². The fourth-order valence-corrected chi connectivity index (χ4v) is 2.92. The van der Waals surface area contributed by atoms with Gasteiger partial charge >= 0.3 is 0 Å². The van der Waals surface area contributed by atoms with E-state index >= 15 is 0 Å². The molecule has 0 bridgehead atoms. The Balaban J connectivity index is 1.92. The number of benzene rings is 1. The minimum Gasteiger partial charge on any atom is -0.423 e. The molecule has 0 spiro atoms. The summed E-state index contributed by atoms with van der Waals surface area (Å²) in [6, 6.07) is 6.60. The molecule has 1 aliphatic rings. The Morgan fingerprint density at radius 3 is 2.82 bits per heavy atom. The number of oxazole rings is 1. The number of nitrogens with zero attached hydrogens (tertiary/aromatic N) is 2. The van der Waals surface area contributed by atoms with Crippen molar-refractivity contribution in [1.82, 2.24) is 4.98 Å². The van der Waals surface area contributed by atoms with Gasteiger partial charge in [-0.1, -0.05) is 26.8 Å². The topological polar surface area (TPSA) is 69.7 Å². The van der Waals surface area contributed by atoms with E-state index in [9.17, 15) is 10.2 Å². The zero-order valence-corrected chi connectivity index (χ0v) is 13.5. The summed E-state index contributed by atoms with van der Waals surface area (Å²) < 4.78 is 5.84.